The largest absolute Gasteiger partial charge is 0.337 e. The van der Waals surface area contributed by atoms with Crippen LogP contribution in [0.4, 0.5) is 17.3 Å². The van der Waals surface area contributed by atoms with E-state index in [1.165, 1.54) is 0 Å². The zero-order chi connectivity index (χ0) is 13.9. The van der Waals surface area contributed by atoms with E-state index in [9.17, 15) is 0 Å². The Hall–Kier alpha value is -2.26. The monoisotopic (exact) mass is 335 g/mol. The van der Waals surface area contributed by atoms with Crippen molar-refractivity contribution >= 4 is 44.5 Å². The van der Waals surface area contributed by atoms with Gasteiger partial charge in [0, 0.05) is 17.2 Å². The van der Waals surface area contributed by atoms with Crippen LogP contribution in [0.15, 0.2) is 33.4 Å². The van der Waals surface area contributed by atoms with Gasteiger partial charge in [-0.25, -0.2) is 15.0 Å². The second-order valence-corrected chi connectivity index (χ2v) is 4.75. The van der Waals surface area contributed by atoms with Crippen LogP contribution in [0.5, 0.6) is 0 Å². The van der Waals surface area contributed by atoms with Crippen molar-refractivity contribution in [2.45, 2.75) is 0 Å². The van der Waals surface area contributed by atoms with Crippen molar-refractivity contribution in [2.75, 3.05) is 17.8 Å². The molecule has 0 aliphatic carbocycles. The maximum atomic E-state index is 4.61. The fourth-order valence-electron chi connectivity index (χ4n) is 1.60. The lowest BCUT2D eigenvalue weighted by Gasteiger charge is -2.10. The van der Waals surface area contributed by atoms with E-state index in [-0.39, 0.29) is 0 Å². The first-order valence-electron chi connectivity index (χ1n) is 5.72. The molecule has 8 nitrogen and oxygen atoms in total. The van der Waals surface area contributed by atoms with E-state index in [0.29, 0.717) is 22.9 Å². The molecule has 0 bridgehead atoms. The van der Waals surface area contributed by atoms with Crippen LogP contribution in [0, 0.1) is 0 Å². The van der Waals surface area contributed by atoms with Crippen LogP contribution in [0.2, 0.25) is 0 Å². The summed E-state index contributed by atoms with van der Waals surface area (Å²) in [5.74, 6) is 1.02. The highest BCUT2D eigenvalue weighted by atomic mass is 79.9. The second kappa shape index (κ2) is 5.39. The topological polar surface area (TPSA) is 101 Å². The van der Waals surface area contributed by atoms with Gasteiger partial charge in [-0.05, 0) is 34.6 Å². The number of hydrogen-bond donors (Lipinski definition) is 3. The Balaban J connectivity index is 1.99. The molecule has 0 aliphatic rings. The molecule has 0 unspecified atom stereocenters. The Morgan fingerprint density at radius 2 is 1.65 bits per heavy atom. The molecule has 3 rings (SSSR count). The Bertz CT molecular complexity index is 727. The number of benzene rings is 1. The van der Waals surface area contributed by atoms with Crippen molar-refractivity contribution in [2.24, 2.45) is 0 Å². The smallest absolute Gasteiger partial charge is 0.245 e. The second-order valence-electron chi connectivity index (χ2n) is 3.84. The van der Waals surface area contributed by atoms with Gasteiger partial charge in [-0.15, -0.1) is 0 Å². The molecule has 0 amide bonds. The first-order chi connectivity index (χ1) is 9.76. The van der Waals surface area contributed by atoms with Gasteiger partial charge in [-0.1, -0.05) is 15.9 Å². The molecule has 0 aliphatic heterocycles. The number of halogens is 1. The summed E-state index contributed by atoms with van der Waals surface area (Å²) >= 11 is 3.39. The quantitative estimate of drug-likeness (QED) is 0.623. The highest BCUT2D eigenvalue weighted by Gasteiger charge is 2.12. The SMILES string of the molecule is CNNc1nc2nonc2nc1Nc1ccc(Br)cc1. The van der Waals surface area contributed by atoms with Crippen LogP contribution in [-0.2, 0) is 0 Å². The summed E-state index contributed by atoms with van der Waals surface area (Å²) in [4.78, 5) is 8.58. The molecule has 3 N–H and O–H groups in total. The van der Waals surface area contributed by atoms with E-state index in [2.05, 4.69) is 57.0 Å². The van der Waals surface area contributed by atoms with Gasteiger partial charge in [0.2, 0.25) is 11.3 Å². The third-order valence-electron chi connectivity index (χ3n) is 2.46. The van der Waals surface area contributed by atoms with Crippen molar-refractivity contribution in [3.63, 3.8) is 0 Å². The number of aromatic nitrogens is 4. The van der Waals surface area contributed by atoms with Crippen LogP contribution in [0.25, 0.3) is 11.3 Å². The minimum absolute atomic E-state index is 0.337. The third-order valence-corrected chi connectivity index (χ3v) is 2.99. The Kier molecular flexibility index (Phi) is 3.44. The van der Waals surface area contributed by atoms with Gasteiger partial charge in [0.05, 0.1) is 0 Å². The van der Waals surface area contributed by atoms with E-state index in [1.54, 1.807) is 7.05 Å². The summed E-state index contributed by atoms with van der Waals surface area (Å²) in [6.45, 7) is 0. The minimum Gasteiger partial charge on any atom is -0.337 e. The van der Waals surface area contributed by atoms with Crippen LogP contribution >= 0.6 is 15.9 Å². The molecule has 0 saturated carbocycles. The molecule has 9 heteroatoms. The summed E-state index contributed by atoms with van der Waals surface area (Å²) in [5.41, 5.74) is 7.23. The number of rotatable bonds is 4. The Labute approximate surface area is 122 Å². The van der Waals surface area contributed by atoms with Gasteiger partial charge in [-0.2, -0.15) is 4.98 Å². The zero-order valence-corrected chi connectivity index (χ0v) is 12.0. The zero-order valence-electron chi connectivity index (χ0n) is 10.4. The number of nitrogens with one attached hydrogen (secondary N) is 3. The first kappa shape index (κ1) is 12.8. The molecule has 0 fully saturated rings. The van der Waals surface area contributed by atoms with Gasteiger partial charge in [0.25, 0.3) is 0 Å². The van der Waals surface area contributed by atoms with Gasteiger partial charge >= 0.3 is 0 Å². The minimum atomic E-state index is 0.337. The van der Waals surface area contributed by atoms with Crippen molar-refractivity contribution in [1.82, 2.24) is 25.7 Å². The lowest BCUT2D eigenvalue weighted by atomic mass is 10.3. The summed E-state index contributed by atoms with van der Waals surface area (Å²) in [7, 11) is 1.73. The molecule has 2 heterocycles. The molecule has 0 radical (unpaired) electrons. The van der Waals surface area contributed by atoms with E-state index in [4.69, 9.17) is 0 Å². The average molecular weight is 336 g/mol. The lowest BCUT2D eigenvalue weighted by molar-refractivity contribution is 0.314. The molecule has 0 spiro atoms. The van der Waals surface area contributed by atoms with Crippen LogP contribution < -0.4 is 16.2 Å². The number of nitrogens with zero attached hydrogens (tertiary/aromatic N) is 4. The molecule has 20 heavy (non-hydrogen) atoms. The van der Waals surface area contributed by atoms with Gasteiger partial charge in [0.1, 0.15) is 0 Å². The molecule has 1 aromatic carbocycles. The van der Waals surface area contributed by atoms with Gasteiger partial charge in [0.15, 0.2) is 11.6 Å². The fraction of sp³-hybridized carbons (Fsp3) is 0.0909. The highest BCUT2D eigenvalue weighted by molar-refractivity contribution is 9.10. The molecular weight excluding hydrogens is 326 g/mol. The summed E-state index contributed by atoms with van der Waals surface area (Å²) in [6, 6.07) is 7.69. The lowest BCUT2D eigenvalue weighted by Crippen LogP contribution is -2.18. The summed E-state index contributed by atoms with van der Waals surface area (Å²) in [6.07, 6.45) is 0. The maximum absolute atomic E-state index is 4.61. The molecular formula is C11H10BrN7O. The van der Waals surface area contributed by atoms with Gasteiger partial charge < -0.3 is 10.7 Å². The van der Waals surface area contributed by atoms with E-state index in [0.717, 1.165) is 10.2 Å². The standard InChI is InChI=1S/C11H10BrN7O/c1-13-17-9-8(14-7-4-2-6(12)3-5-7)15-10-11(16-9)19-20-18-10/h2-5,13H,1H3,(H,14,15,18)(H,16,17,19). The molecule has 2 aromatic heterocycles. The van der Waals surface area contributed by atoms with Crippen LogP contribution in [-0.4, -0.2) is 27.3 Å². The average Bonchev–Trinajstić information content (AvgIpc) is 2.89. The van der Waals surface area contributed by atoms with Crippen molar-refractivity contribution in [1.29, 1.82) is 0 Å². The number of fused-ring (bicyclic) bond motifs is 1. The van der Waals surface area contributed by atoms with Gasteiger partial charge in [-0.3, -0.25) is 0 Å². The van der Waals surface area contributed by atoms with E-state index in [1.807, 2.05) is 24.3 Å². The molecule has 102 valence electrons. The maximum Gasteiger partial charge on any atom is 0.245 e. The predicted octanol–water partition coefficient (Wildman–Crippen LogP) is 2.07. The molecule has 0 atom stereocenters. The van der Waals surface area contributed by atoms with E-state index >= 15 is 0 Å². The van der Waals surface area contributed by atoms with Crippen molar-refractivity contribution in [3.05, 3.63) is 28.7 Å². The summed E-state index contributed by atoms with van der Waals surface area (Å²) in [5, 5.41) is 10.5. The number of anilines is 3. The van der Waals surface area contributed by atoms with Crippen LogP contribution in [0.3, 0.4) is 0 Å². The predicted molar refractivity (Wildman–Crippen MR) is 77.5 cm³/mol. The molecule has 3 aromatic rings. The fourth-order valence-corrected chi connectivity index (χ4v) is 1.86. The molecule has 0 saturated heterocycles. The van der Waals surface area contributed by atoms with Crippen molar-refractivity contribution < 1.29 is 4.63 Å². The summed E-state index contributed by atoms with van der Waals surface area (Å²) < 4.78 is 5.61. The Morgan fingerprint density at radius 1 is 1.00 bits per heavy atom. The van der Waals surface area contributed by atoms with Crippen molar-refractivity contribution in [3.8, 4) is 0 Å². The Morgan fingerprint density at radius 3 is 2.30 bits per heavy atom. The third kappa shape index (κ3) is 2.53. The highest BCUT2D eigenvalue weighted by Crippen LogP contribution is 2.24. The first-order valence-corrected chi connectivity index (χ1v) is 6.51. The number of hydrazine groups is 1. The normalized spacial score (nSPS) is 10.7. The van der Waals surface area contributed by atoms with Crippen LogP contribution in [0.1, 0.15) is 0 Å². The van der Waals surface area contributed by atoms with E-state index < -0.39 is 0 Å². The number of hydrogen-bond acceptors (Lipinski definition) is 8.